The van der Waals surface area contributed by atoms with E-state index >= 15 is 0 Å². The average molecular weight is 228 g/mol. The molecule has 2 rings (SSSR count). The first-order valence-corrected chi connectivity index (χ1v) is 5.89. The molecule has 3 nitrogen and oxygen atoms in total. The van der Waals surface area contributed by atoms with Crippen LogP contribution in [0, 0.1) is 16.7 Å². The van der Waals surface area contributed by atoms with Gasteiger partial charge in [-0.3, -0.25) is 4.79 Å². The Balaban J connectivity index is 2.04. The smallest absolute Gasteiger partial charge is 0.243 e. The molecule has 88 valence electrons. The molecule has 0 unspecified atom stereocenters. The summed E-state index contributed by atoms with van der Waals surface area (Å²) in [5, 5.41) is 9.12. The Morgan fingerprint density at radius 3 is 2.53 bits per heavy atom. The highest BCUT2D eigenvalue weighted by molar-refractivity contribution is 5.86. The quantitative estimate of drug-likeness (QED) is 0.797. The summed E-state index contributed by atoms with van der Waals surface area (Å²) in [5.41, 5.74) is 0.361. The average Bonchev–Trinajstić information content (AvgIpc) is 2.29. The summed E-state index contributed by atoms with van der Waals surface area (Å²) in [5.74, 6) is -0.0323. The lowest BCUT2D eigenvalue weighted by Gasteiger charge is -2.36. The van der Waals surface area contributed by atoms with Crippen LogP contribution in [0.1, 0.15) is 24.8 Å². The molecule has 1 aromatic rings. The lowest BCUT2D eigenvalue weighted by atomic mass is 9.69. The molecule has 1 aromatic carbocycles. The van der Waals surface area contributed by atoms with Gasteiger partial charge in [-0.1, -0.05) is 30.3 Å². The number of benzene rings is 1. The first-order chi connectivity index (χ1) is 8.18. The van der Waals surface area contributed by atoms with Gasteiger partial charge in [0, 0.05) is 13.6 Å². The molecule has 0 N–H and O–H groups in total. The van der Waals surface area contributed by atoms with Crippen LogP contribution in [0.4, 0.5) is 0 Å². The molecular formula is C14H16N2O. The number of hydrogen-bond donors (Lipinski definition) is 0. The number of hydrogen-bond acceptors (Lipinski definition) is 2. The molecule has 1 aliphatic carbocycles. The van der Waals surface area contributed by atoms with Gasteiger partial charge in [-0.25, -0.2) is 0 Å². The minimum atomic E-state index is -0.733. The van der Waals surface area contributed by atoms with Crippen molar-refractivity contribution < 1.29 is 4.79 Å². The zero-order valence-corrected chi connectivity index (χ0v) is 10.0. The molecule has 0 saturated heterocycles. The molecule has 0 atom stereocenters. The van der Waals surface area contributed by atoms with Crippen molar-refractivity contribution in [1.29, 1.82) is 5.26 Å². The molecule has 0 heterocycles. The van der Waals surface area contributed by atoms with Crippen molar-refractivity contribution in [2.24, 2.45) is 5.41 Å². The molecule has 0 aromatic heterocycles. The van der Waals surface area contributed by atoms with Gasteiger partial charge in [0.2, 0.25) is 5.91 Å². The standard InChI is InChI=1S/C14H16N2O/c1-16(10-12-6-3-2-4-7-12)13(17)14(11-15)8-5-9-14/h2-4,6-7H,5,8-10H2,1H3. The zero-order valence-electron chi connectivity index (χ0n) is 10.0. The molecule has 0 spiro atoms. The number of nitrogens with zero attached hydrogens (tertiary/aromatic N) is 2. The Bertz CT molecular complexity index is 443. The minimum absolute atomic E-state index is 0.0323. The van der Waals surface area contributed by atoms with Gasteiger partial charge in [0.05, 0.1) is 6.07 Å². The molecule has 1 saturated carbocycles. The molecule has 3 heteroatoms. The fourth-order valence-electron chi connectivity index (χ4n) is 2.20. The first-order valence-electron chi connectivity index (χ1n) is 5.89. The highest BCUT2D eigenvalue weighted by Gasteiger charge is 2.46. The summed E-state index contributed by atoms with van der Waals surface area (Å²) < 4.78 is 0. The Kier molecular flexibility index (Phi) is 3.14. The van der Waals surface area contributed by atoms with E-state index in [2.05, 4.69) is 6.07 Å². The Labute approximate surface area is 102 Å². The zero-order chi connectivity index (χ0) is 12.3. The maximum absolute atomic E-state index is 12.2. The summed E-state index contributed by atoms with van der Waals surface area (Å²) in [6, 6.07) is 12.0. The largest absolute Gasteiger partial charge is 0.340 e. The van der Waals surface area contributed by atoms with Gasteiger partial charge >= 0.3 is 0 Å². The molecule has 0 radical (unpaired) electrons. The van der Waals surface area contributed by atoms with Crippen LogP contribution < -0.4 is 0 Å². The highest BCUT2D eigenvalue weighted by Crippen LogP contribution is 2.41. The fourth-order valence-corrected chi connectivity index (χ4v) is 2.20. The van der Waals surface area contributed by atoms with E-state index in [0.29, 0.717) is 19.4 Å². The molecule has 1 aliphatic rings. The number of nitriles is 1. The van der Waals surface area contributed by atoms with Gasteiger partial charge in [0.1, 0.15) is 5.41 Å². The predicted octanol–water partition coefficient (Wildman–Crippen LogP) is 2.34. The summed E-state index contributed by atoms with van der Waals surface area (Å²) >= 11 is 0. The summed E-state index contributed by atoms with van der Waals surface area (Å²) in [6.45, 7) is 0.573. The van der Waals surface area contributed by atoms with Crippen molar-refractivity contribution in [3.63, 3.8) is 0 Å². The third kappa shape index (κ3) is 2.16. The summed E-state index contributed by atoms with van der Waals surface area (Å²) in [4.78, 5) is 13.9. The maximum Gasteiger partial charge on any atom is 0.243 e. The van der Waals surface area contributed by atoms with Crippen molar-refractivity contribution in [2.75, 3.05) is 7.05 Å². The van der Waals surface area contributed by atoms with E-state index in [4.69, 9.17) is 5.26 Å². The number of amides is 1. The predicted molar refractivity (Wildman–Crippen MR) is 64.8 cm³/mol. The van der Waals surface area contributed by atoms with E-state index in [9.17, 15) is 4.79 Å². The van der Waals surface area contributed by atoms with Crippen molar-refractivity contribution >= 4 is 5.91 Å². The van der Waals surface area contributed by atoms with E-state index in [1.54, 1.807) is 11.9 Å². The van der Waals surface area contributed by atoms with Gasteiger partial charge in [0.25, 0.3) is 0 Å². The van der Waals surface area contributed by atoms with Crippen molar-refractivity contribution in [2.45, 2.75) is 25.8 Å². The normalized spacial score (nSPS) is 16.7. The fraction of sp³-hybridized carbons (Fsp3) is 0.429. The molecule has 0 aliphatic heterocycles. The van der Waals surface area contributed by atoms with Crippen LogP contribution in [0.2, 0.25) is 0 Å². The Morgan fingerprint density at radius 2 is 2.06 bits per heavy atom. The van der Waals surface area contributed by atoms with Gasteiger partial charge in [-0.05, 0) is 24.8 Å². The molecular weight excluding hydrogens is 212 g/mol. The summed E-state index contributed by atoms with van der Waals surface area (Å²) in [6.07, 6.45) is 2.40. The van der Waals surface area contributed by atoms with Crippen molar-refractivity contribution in [3.05, 3.63) is 35.9 Å². The Hall–Kier alpha value is -1.82. The highest BCUT2D eigenvalue weighted by atomic mass is 16.2. The number of rotatable bonds is 3. The second-order valence-corrected chi connectivity index (χ2v) is 4.69. The van der Waals surface area contributed by atoms with E-state index in [-0.39, 0.29) is 5.91 Å². The van der Waals surface area contributed by atoms with E-state index < -0.39 is 5.41 Å². The number of carbonyl (C=O) groups is 1. The molecule has 0 bridgehead atoms. The molecule has 1 amide bonds. The van der Waals surface area contributed by atoms with Crippen LogP contribution >= 0.6 is 0 Å². The second kappa shape index (κ2) is 4.58. The van der Waals surface area contributed by atoms with Crippen molar-refractivity contribution in [1.82, 2.24) is 4.90 Å². The van der Waals surface area contributed by atoms with Crippen LogP contribution in [0.25, 0.3) is 0 Å². The monoisotopic (exact) mass is 228 g/mol. The second-order valence-electron chi connectivity index (χ2n) is 4.69. The SMILES string of the molecule is CN(Cc1ccccc1)C(=O)C1(C#N)CCC1. The number of carbonyl (C=O) groups excluding carboxylic acids is 1. The van der Waals surface area contributed by atoms with Crippen LogP contribution in [0.5, 0.6) is 0 Å². The van der Waals surface area contributed by atoms with Crippen LogP contribution in [-0.2, 0) is 11.3 Å². The third-order valence-electron chi connectivity index (χ3n) is 3.44. The van der Waals surface area contributed by atoms with E-state index in [0.717, 1.165) is 12.0 Å². The lowest BCUT2D eigenvalue weighted by molar-refractivity contribution is -0.142. The van der Waals surface area contributed by atoms with Gasteiger partial charge in [0.15, 0.2) is 0 Å². The first kappa shape index (κ1) is 11.7. The molecule has 1 fully saturated rings. The lowest BCUT2D eigenvalue weighted by Crippen LogP contribution is -2.45. The maximum atomic E-state index is 12.2. The Morgan fingerprint density at radius 1 is 1.41 bits per heavy atom. The van der Waals surface area contributed by atoms with Crippen LogP contribution in [0.15, 0.2) is 30.3 Å². The molecule has 17 heavy (non-hydrogen) atoms. The van der Waals surface area contributed by atoms with E-state index in [1.165, 1.54) is 0 Å². The van der Waals surface area contributed by atoms with Crippen LogP contribution in [-0.4, -0.2) is 17.9 Å². The minimum Gasteiger partial charge on any atom is -0.340 e. The van der Waals surface area contributed by atoms with Gasteiger partial charge in [-0.15, -0.1) is 0 Å². The van der Waals surface area contributed by atoms with Crippen molar-refractivity contribution in [3.8, 4) is 6.07 Å². The van der Waals surface area contributed by atoms with E-state index in [1.807, 2.05) is 30.3 Å². The third-order valence-corrected chi connectivity index (χ3v) is 3.44. The van der Waals surface area contributed by atoms with Crippen LogP contribution in [0.3, 0.4) is 0 Å². The van der Waals surface area contributed by atoms with Gasteiger partial charge < -0.3 is 4.90 Å². The topological polar surface area (TPSA) is 44.1 Å². The summed E-state index contributed by atoms with van der Waals surface area (Å²) in [7, 11) is 1.77. The van der Waals surface area contributed by atoms with Gasteiger partial charge in [-0.2, -0.15) is 5.26 Å².